The van der Waals surface area contributed by atoms with Crippen LogP contribution in [-0.2, 0) is 0 Å². The quantitative estimate of drug-likeness (QED) is 0.741. The minimum atomic E-state index is -0.733. The van der Waals surface area contributed by atoms with Crippen molar-refractivity contribution in [3.8, 4) is 0 Å². The number of anilines is 1. The van der Waals surface area contributed by atoms with Crippen LogP contribution < -0.4 is 4.90 Å². The van der Waals surface area contributed by atoms with Gasteiger partial charge in [0.05, 0.1) is 5.60 Å². The van der Waals surface area contributed by atoms with Gasteiger partial charge in [-0.05, 0) is 19.1 Å². The molecule has 1 N–H and O–H groups in total. The van der Waals surface area contributed by atoms with Crippen molar-refractivity contribution in [1.29, 1.82) is 0 Å². The molecule has 2 nitrogen and oxygen atoms in total. The van der Waals surface area contributed by atoms with Crippen LogP contribution in [0.1, 0.15) is 6.92 Å². The Morgan fingerprint density at radius 3 is 2.14 bits per heavy atom. The van der Waals surface area contributed by atoms with Gasteiger partial charge in [0.2, 0.25) is 0 Å². The van der Waals surface area contributed by atoms with Crippen LogP contribution in [0.2, 0.25) is 0 Å². The molecule has 14 heavy (non-hydrogen) atoms. The van der Waals surface area contributed by atoms with E-state index in [1.54, 1.807) is 11.8 Å². The van der Waals surface area contributed by atoms with Crippen LogP contribution in [0.25, 0.3) is 0 Å². The van der Waals surface area contributed by atoms with Crippen molar-refractivity contribution >= 4 is 5.69 Å². The van der Waals surface area contributed by atoms with Gasteiger partial charge >= 0.3 is 0 Å². The number of hydrogen-bond acceptors (Lipinski definition) is 2. The van der Waals surface area contributed by atoms with Crippen LogP contribution >= 0.6 is 0 Å². The maximum absolute atomic E-state index is 12.8. The van der Waals surface area contributed by atoms with Gasteiger partial charge in [-0.25, -0.2) is 8.78 Å². The average Bonchev–Trinajstić information content (AvgIpc) is 1.97. The van der Waals surface area contributed by atoms with E-state index in [2.05, 4.69) is 0 Å². The molecule has 4 heteroatoms. The SMILES string of the molecule is CC1(O)CN(c2cc(F)cc(F)c2)C1. The number of halogens is 2. The van der Waals surface area contributed by atoms with E-state index in [1.165, 1.54) is 12.1 Å². The maximum atomic E-state index is 12.8. The van der Waals surface area contributed by atoms with Gasteiger partial charge in [0, 0.05) is 24.8 Å². The van der Waals surface area contributed by atoms with E-state index in [4.69, 9.17) is 0 Å². The molecular formula is C10H11F2NO. The lowest BCUT2D eigenvalue weighted by Crippen LogP contribution is -2.60. The highest BCUT2D eigenvalue weighted by Gasteiger charge is 2.36. The first-order valence-corrected chi connectivity index (χ1v) is 4.40. The highest BCUT2D eigenvalue weighted by molar-refractivity contribution is 5.50. The maximum Gasteiger partial charge on any atom is 0.128 e. The summed E-state index contributed by atoms with van der Waals surface area (Å²) in [4.78, 5) is 1.73. The topological polar surface area (TPSA) is 23.5 Å². The predicted molar refractivity (Wildman–Crippen MR) is 49.2 cm³/mol. The van der Waals surface area contributed by atoms with E-state index in [0.717, 1.165) is 6.07 Å². The number of rotatable bonds is 1. The van der Waals surface area contributed by atoms with Crippen molar-refractivity contribution in [2.45, 2.75) is 12.5 Å². The van der Waals surface area contributed by atoms with Crippen molar-refractivity contribution in [2.24, 2.45) is 0 Å². The molecule has 0 amide bonds. The van der Waals surface area contributed by atoms with Crippen LogP contribution in [0.5, 0.6) is 0 Å². The van der Waals surface area contributed by atoms with E-state index >= 15 is 0 Å². The summed E-state index contributed by atoms with van der Waals surface area (Å²) in [7, 11) is 0. The van der Waals surface area contributed by atoms with Gasteiger partial charge in [0.25, 0.3) is 0 Å². The van der Waals surface area contributed by atoms with Crippen LogP contribution in [-0.4, -0.2) is 23.8 Å². The highest BCUT2D eigenvalue weighted by atomic mass is 19.1. The van der Waals surface area contributed by atoms with Gasteiger partial charge in [-0.2, -0.15) is 0 Å². The van der Waals surface area contributed by atoms with E-state index in [-0.39, 0.29) is 0 Å². The molecule has 0 saturated carbocycles. The molecule has 0 radical (unpaired) electrons. The molecule has 1 aliphatic heterocycles. The summed E-state index contributed by atoms with van der Waals surface area (Å²) < 4.78 is 25.6. The second kappa shape index (κ2) is 2.92. The molecule has 1 aromatic carbocycles. The highest BCUT2D eigenvalue weighted by Crippen LogP contribution is 2.28. The van der Waals surface area contributed by atoms with Crippen LogP contribution in [0.4, 0.5) is 14.5 Å². The average molecular weight is 199 g/mol. The molecule has 1 aliphatic rings. The largest absolute Gasteiger partial charge is 0.386 e. The Kier molecular flexibility index (Phi) is 1.96. The fourth-order valence-corrected chi connectivity index (χ4v) is 1.68. The van der Waals surface area contributed by atoms with Crippen molar-refractivity contribution < 1.29 is 13.9 Å². The van der Waals surface area contributed by atoms with E-state index in [0.29, 0.717) is 18.8 Å². The lowest BCUT2D eigenvalue weighted by Gasteiger charge is -2.45. The Labute approximate surface area is 80.8 Å². The first-order valence-electron chi connectivity index (χ1n) is 4.40. The first-order chi connectivity index (χ1) is 6.46. The van der Waals surface area contributed by atoms with Crippen LogP contribution in [0.15, 0.2) is 18.2 Å². The Morgan fingerprint density at radius 1 is 1.21 bits per heavy atom. The Hall–Kier alpha value is -1.16. The lowest BCUT2D eigenvalue weighted by molar-refractivity contribution is 0.0309. The molecule has 1 saturated heterocycles. The van der Waals surface area contributed by atoms with Gasteiger partial charge in [-0.3, -0.25) is 0 Å². The molecule has 1 aromatic rings. The third-order valence-electron chi connectivity index (χ3n) is 2.28. The number of aliphatic hydroxyl groups is 1. The molecule has 0 atom stereocenters. The third kappa shape index (κ3) is 1.70. The predicted octanol–water partition coefficient (Wildman–Crippen LogP) is 1.54. The summed E-state index contributed by atoms with van der Waals surface area (Å²) in [6.45, 7) is 2.52. The first kappa shape index (κ1) is 9.40. The second-order valence-corrected chi connectivity index (χ2v) is 3.98. The summed E-state index contributed by atoms with van der Waals surface area (Å²) >= 11 is 0. The van der Waals surface area contributed by atoms with Crippen LogP contribution in [0.3, 0.4) is 0 Å². The number of nitrogens with zero attached hydrogens (tertiary/aromatic N) is 1. The zero-order valence-corrected chi connectivity index (χ0v) is 7.80. The van der Waals surface area contributed by atoms with Gasteiger partial charge in [-0.1, -0.05) is 0 Å². The summed E-state index contributed by atoms with van der Waals surface area (Å²) in [6, 6.07) is 3.36. The van der Waals surface area contributed by atoms with E-state index in [9.17, 15) is 13.9 Å². The van der Waals surface area contributed by atoms with Gasteiger partial charge in [0.1, 0.15) is 11.6 Å². The molecule has 1 fully saturated rings. The summed E-state index contributed by atoms with van der Waals surface area (Å²) in [5.41, 5.74) is -0.253. The number of hydrogen-bond donors (Lipinski definition) is 1. The summed E-state index contributed by atoms with van der Waals surface area (Å²) in [6.07, 6.45) is 0. The van der Waals surface area contributed by atoms with Gasteiger partial charge < -0.3 is 10.0 Å². The molecule has 76 valence electrons. The molecule has 0 aliphatic carbocycles. The van der Waals surface area contributed by atoms with Gasteiger partial charge in [-0.15, -0.1) is 0 Å². The third-order valence-corrected chi connectivity index (χ3v) is 2.28. The van der Waals surface area contributed by atoms with E-state index < -0.39 is 17.2 Å². The van der Waals surface area contributed by atoms with Crippen molar-refractivity contribution in [2.75, 3.05) is 18.0 Å². The monoisotopic (exact) mass is 199 g/mol. The molecule has 2 rings (SSSR count). The molecule has 1 heterocycles. The van der Waals surface area contributed by atoms with Crippen molar-refractivity contribution in [1.82, 2.24) is 0 Å². The minimum Gasteiger partial charge on any atom is -0.386 e. The number of β-amino-alcohol motifs (C(OH)–C–C–N with tert-alkyl or cyclic N) is 1. The molecule has 0 bridgehead atoms. The van der Waals surface area contributed by atoms with Crippen molar-refractivity contribution in [3.05, 3.63) is 29.8 Å². The number of benzene rings is 1. The second-order valence-electron chi connectivity index (χ2n) is 3.98. The zero-order chi connectivity index (χ0) is 10.3. The standard InChI is InChI=1S/C10H11F2NO/c1-10(14)5-13(6-10)9-3-7(11)2-8(12)4-9/h2-4,14H,5-6H2,1H3. The van der Waals surface area contributed by atoms with Crippen molar-refractivity contribution in [3.63, 3.8) is 0 Å². The Balaban J connectivity index is 2.18. The fourth-order valence-electron chi connectivity index (χ4n) is 1.68. The molecule has 0 spiro atoms. The summed E-state index contributed by atoms with van der Waals surface area (Å²) in [5.74, 6) is -1.18. The molecule has 0 aromatic heterocycles. The normalized spacial score (nSPS) is 19.3. The van der Waals surface area contributed by atoms with Gasteiger partial charge in [0.15, 0.2) is 0 Å². The molecule has 0 unspecified atom stereocenters. The Morgan fingerprint density at radius 2 is 1.71 bits per heavy atom. The molecular weight excluding hydrogens is 188 g/mol. The fraction of sp³-hybridized carbons (Fsp3) is 0.400. The van der Waals surface area contributed by atoms with Crippen LogP contribution in [0, 0.1) is 11.6 Å². The lowest BCUT2D eigenvalue weighted by atomic mass is 9.96. The zero-order valence-electron chi connectivity index (χ0n) is 7.80. The summed E-state index contributed by atoms with van der Waals surface area (Å²) in [5, 5.41) is 9.45. The van der Waals surface area contributed by atoms with E-state index in [1.807, 2.05) is 0 Å². The Bertz CT molecular complexity index is 337. The smallest absolute Gasteiger partial charge is 0.128 e. The minimum absolute atomic E-state index is 0.413.